The van der Waals surface area contributed by atoms with Crippen molar-refractivity contribution in [2.24, 2.45) is 5.73 Å². The molecule has 0 aromatic heterocycles. The molecule has 0 heterocycles. The fourth-order valence-electron chi connectivity index (χ4n) is 2.69. The highest BCUT2D eigenvalue weighted by atomic mass is 16.5. The summed E-state index contributed by atoms with van der Waals surface area (Å²) in [5.41, 5.74) is 11.4. The van der Waals surface area contributed by atoms with Crippen LogP contribution >= 0.6 is 0 Å². The molecule has 10 heteroatoms. The maximum atomic E-state index is 12.4. The molecule has 5 N–H and O–H groups in total. The molecule has 0 aliphatic carbocycles. The van der Waals surface area contributed by atoms with E-state index < -0.39 is 29.9 Å². The van der Waals surface area contributed by atoms with Gasteiger partial charge in [0.15, 0.2) is 6.61 Å². The van der Waals surface area contributed by atoms with Crippen molar-refractivity contribution < 1.29 is 28.7 Å². The number of hydrazine groups is 1. The molecule has 0 fully saturated rings. The molecule has 2 aromatic rings. The minimum Gasteiger partial charge on any atom is -0.484 e. The Hall–Kier alpha value is -4.08. The summed E-state index contributed by atoms with van der Waals surface area (Å²) in [5, 5.41) is 2.37. The van der Waals surface area contributed by atoms with Gasteiger partial charge in [0, 0.05) is 6.42 Å². The number of nitrogens with one attached hydrogen (secondary N) is 3. The zero-order valence-electron chi connectivity index (χ0n) is 18.3. The van der Waals surface area contributed by atoms with Crippen LogP contribution in [0.3, 0.4) is 0 Å². The predicted molar refractivity (Wildman–Crippen MR) is 120 cm³/mol. The van der Waals surface area contributed by atoms with Crippen molar-refractivity contribution in [1.82, 2.24) is 16.2 Å². The number of alkyl carbamates (subject to hydrolysis) is 1. The molecule has 10 nitrogen and oxygen atoms in total. The Labute approximate surface area is 191 Å². The zero-order chi connectivity index (χ0) is 24.1. The third-order valence-corrected chi connectivity index (χ3v) is 4.53. The molecule has 0 aliphatic heterocycles. The summed E-state index contributed by atoms with van der Waals surface area (Å²) in [5.74, 6) is -1.48. The predicted octanol–water partition coefficient (Wildman–Crippen LogP) is 1.34. The molecule has 33 heavy (non-hydrogen) atoms. The number of aryl methyl sites for hydroxylation is 1. The maximum Gasteiger partial charge on any atom is 0.408 e. The maximum absolute atomic E-state index is 12.4. The number of ether oxygens (including phenoxy) is 2. The van der Waals surface area contributed by atoms with Crippen LogP contribution in [0.1, 0.15) is 30.9 Å². The number of carbonyl (C=O) groups is 4. The first-order valence-electron chi connectivity index (χ1n) is 10.4. The lowest BCUT2D eigenvalue weighted by atomic mass is 10.1. The fourth-order valence-corrected chi connectivity index (χ4v) is 2.69. The molecular weight excluding hydrogens is 428 g/mol. The van der Waals surface area contributed by atoms with Crippen LogP contribution in [-0.2, 0) is 32.1 Å². The van der Waals surface area contributed by atoms with Gasteiger partial charge >= 0.3 is 6.09 Å². The average Bonchev–Trinajstić information content (AvgIpc) is 2.83. The van der Waals surface area contributed by atoms with E-state index in [9.17, 15) is 19.2 Å². The first-order valence-corrected chi connectivity index (χ1v) is 10.4. The number of primary amides is 1. The largest absolute Gasteiger partial charge is 0.484 e. The molecular formula is C23H28N4O6. The molecule has 0 unspecified atom stereocenters. The normalized spacial score (nSPS) is 11.1. The lowest BCUT2D eigenvalue weighted by Gasteiger charge is -2.18. The Bertz CT molecular complexity index is 934. The highest BCUT2D eigenvalue weighted by Crippen LogP contribution is 2.12. The van der Waals surface area contributed by atoms with E-state index in [4.69, 9.17) is 15.2 Å². The number of hydrogen-bond donors (Lipinski definition) is 4. The second kappa shape index (κ2) is 13.4. The summed E-state index contributed by atoms with van der Waals surface area (Å²) in [6, 6.07) is 15.1. The van der Waals surface area contributed by atoms with E-state index in [0.29, 0.717) is 5.75 Å². The second-order valence-electron chi connectivity index (χ2n) is 7.09. The van der Waals surface area contributed by atoms with E-state index in [1.165, 1.54) is 0 Å². The van der Waals surface area contributed by atoms with Crippen molar-refractivity contribution in [1.29, 1.82) is 0 Å². The average molecular weight is 456 g/mol. The number of hydrogen-bond acceptors (Lipinski definition) is 6. The number of rotatable bonds is 11. The standard InChI is InChI=1S/C23H28N4O6/c1-2-16-8-10-18(11-9-16)32-15-21(29)26-27-22(30)19(12-13-20(24)28)25-23(31)33-14-17-6-4-3-5-7-17/h3-11,19H,2,12-15H2,1H3,(H2,24,28)(H,25,31)(H,26,29)(H,27,30)/t19-/m0/s1. The lowest BCUT2D eigenvalue weighted by Crippen LogP contribution is -2.53. The van der Waals surface area contributed by atoms with Crippen LogP contribution in [0.4, 0.5) is 4.79 Å². The molecule has 0 saturated carbocycles. The van der Waals surface area contributed by atoms with Gasteiger partial charge in [0.2, 0.25) is 5.91 Å². The van der Waals surface area contributed by atoms with Crippen molar-refractivity contribution in [3.8, 4) is 5.75 Å². The van der Waals surface area contributed by atoms with Gasteiger partial charge in [0.1, 0.15) is 18.4 Å². The SMILES string of the molecule is CCc1ccc(OCC(=O)NNC(=O)[C@H](CCC(N)=O)NC(=O)OCc2ccccc2)cc1. The lowest BCUT2D eigenvalue weighted by molar-refractivity contribution is -0.131. The fraction of sp³-hybridized carbons (Fsp3) is 0.304. The van der Waals surface area contributed by atoms with Gasteiger partial charge in [0.05, 0.1) is 0 Å². The van der Waals surface area contributed by atoms with Gasteiger partial charge in [-0.1, -0.05) is 49.4 Å². The Balaban J connectivity index is 1.81. The van der Waals surface area contributed by atoms with Crippen molar-refractivity contribution in [2.45, 2.75) is 38.8 Å². The molecule has 0 saturated heterocycles. The van der Waals surface area contributed by atoms with Crippen LogP contribution in [0, 0.1) is 0 Å². The third-order valence-electron chi connectivity index (χ3n) is 4.53. The van der Waals surface area contributed by atoms with E-state index in [1.807, 2.05) is 25.1 Å². The number of benzene rings is 2. The summed E-state index contributed by atoms with van der Waals surface area (Å²) in [4.78, 5) is 47.6. The van der Waals surface area contributed by atoms with Gasteiger partial charge in [-0.25, -0.2) is 4.79 Å². The second-order valence-corrected chi connectivity index (χ2v) is 7.09. The van der Waals surface area contributed by atoms with Crippen LogP contribution < -0.4 is 26.6 Å². The van der Waals surface area contributed by atoms with Crippen molar-refractivity contribution in [3.63, 3.8) is 0 Å². The van der Waals surface area contributed by atoms with Crippen molar-refractivity contribution in [3.05, 3.63) is 65.7 Å². The number of amides is 4. The van der Waals surface area contributed by atoms with E-state index in [2.05, 4.69) is 16.2 Å². The van der Waals surface area contributed by atoms with Gasteiger partial charge < -0.3 is 20.5 Å². The van der Waals surface area contributed by atoms with E-state index >= 15 is 0 Å². The van der Waals surface area contributed by atoms with E-state index in [-0.39, 0.29) is 26.1 Å². The van der Waals surface area contributed by atoms with Gasteiger partial charge in [-0.15, -0.1) is 0 Å². The van der Waals surface area contributed by atoms with Crippen molar-refractivity contribution in [2.75, 3.05) is 6.61 Å². The Morgan fingerprint density at radius 3 is 2.27 bits per heavy atom. The van der Waals surface area contributed by atoms with Gasteiger partial charge in [0.25, 0.3) is 11.8 Å². The van der Waals surface area contributed by atoms with Crippen LogP contribution in [-0.4, -0.2) is 36.5 Å². The topological polar surface area (TPSA) is 149 Å². The van der Waals surface area contributed by atoms with Crippen molar-refractivity contribution >= 4 is 23.8 Å². The molecule has 1 atom stereocenters. The Morgan fingerprint density at radius 2 is 1.64 bits per heavy atom. The molecule has 0 aliphatic rings. The quantitative estimate of drug-likeness (QED) is 0.375. The minimum absolute atomic E-state index is 0.00411. The van der Waals surface area contributed by atoms with E-state index in [0.717, 1.165) is 17.5 Å². The molecule has 176 valence electrons. The number of carbonyl (C=O) groups excluding carboxylic acids is 4. The van der Waals surface area contributed by atoms with Crippen LogP contribution in [0.2, 0.25) is 0 Å². The molecule has 2 aromatic carbocycles. The van der Waals surface area contributed by atoms with Crippen LogP contribution in [0.25, 0.3) is 0 Å². The minimum atomic E-state index is -1.15. The Kier molecular flexibility index (Phi) is 10.2. The zero-order valence-corrected chi connectivity index (χ0v) is 18.3. The van der Waals surface area contributed by atoms with Gasteiger partial charge in [-0.2, -0.15) is 0 Å². The summed E-state index contributed by atoms with van der Waals surface area (Å²) < 4.78 is 10.5. The monoisotopic (exact) mass is 456 g/mol. The van der Waals surface area contributed by atoms with Gasteiger partial charge in [-0.3, -0.25) is 25.2 Å². The van der Waals surface area contributed by atoms with Gasteiger partial charge in [-0.05, 0) is 36.1 Å². The molecule has 4 amide bonds. The first-order chi connectivity index (χ1) is 15.9. The summed E-state index contributed by atoms with van der Waals surface area (Å²) in [6.07, 6.45) is -0.189. The summed E-state index contributed by atoms with van der Waals surface area (Å²) in [6.45, 7) is 1.70. The third kappa shape index (κ3) is 9.72. The van der Waals surface area contributed by atoms with Crippen LogP contribution in [0.5, 0.6) is 5.75 Å². The number of nitrogens with two attached hydrogens (primary N) is 1. The highest BCUT2D eigenvalue weighted by molar-refractivity contribution is 5.88. The smallest absolute Gasteiger partial charge is 0.408 e. The summed E-state index contributed by atoms with van der Waals surface area (Å²) >= 11 is 0. The molecule has 0 bridgehead atoms. The Morgan fingerprint density at radius 1 is 0.939 bits per heavy atom. The molecule has 0 spiro atoms. The summed E-state index contributed by atoms with van der Waals surface area (Å²) in [7, 11) is 0. The molecule has 2 rings (SSSR count). The molecule has 0 radical (unpaired) electrons. The first kappa shape index (κ1) is 25.2. The highest BCUT2D eigenvalue weighted by Gasteiger charge is 2.22. The van der Waals surface area contributed by atoms with E-state index in [1.54, 1.807) is 36.4 Å². The van der Waals surface area contributed by atoms with Crippen LogP contribution in [0.15, 0.2) is 54.6 Å².